The van der Waals surface area contributed by atoms with Gasteiger partial charge in [0.15, 0.2) is 0 Å². The maximum atomic E-state index is 12.5. The van der Waals surface area contributed by atoms with Crippen molar-refractivity contribution in [2.75, 3.05) is 25.5 Å². The van der Waals surface area contributed by atoms with Crippen molar-refractivity contribution in [3.63, 3.8) is 0 Å². The molecule has 5 rings (SSSR count). The van der Waals surface area contributed by atoms with Crippen molar-refractivity contribution < 1.29 is 9.53 Å². The average Bonchev–Trinajstić information content (AvgIpc) is 3.52. The van der Waals surface area contributed by atoms with E-state index in [1.54, 1.807) is 19.5 Å². The second kappa shape index (κ2) is 9.07. The molecule has 0 saturated carbocycles. The molecule has 0 unspecified atom stereocenters. The molecule has 1 aromatic carbocycles. The highest BCUT2D eigenvalue weighted by atomic mass is 35.5. The second-order valence-electron chi connectivity index (χ2n) is 7.89. The molecule has 9 heteroatoms. The monoisotopic (exact) mass is 462 g/mol. The minimum Gasteiger partial charge on any atom is -0.495 e. The molecule has 1 N–H and O–H groups in total. The molecule has 33 heavy (non-hydrogen) atoms. The maximum Gasteiger partial charge on any atom is 0.227 e. The van der Waals surface area contributed by atoms with E-state index in [0.29, 0.717) is 34.5 Å². The normalized spacial score (nSPS) is 13.5. The van der Waals surface area contributed by atoms with Gasteiger partial charge in [-0.3, -0.25) is 9.20 Å². The molecule has 0 spiro atoms. The fraction of sp³-hybridized carbons (Fsp3) is 0.250. The number of amides is 1. The summed E-state index contributed by atoms with van der Waals surface area (Å²) < 4.78 is 7.49. The molecular formula is C24H23ClN6O2. The molecule has 0 atom stereocenters. The lowest BCUT2D eigenvalue weighted by molar-refractivity contribution is -0.129. The van der Waals surface area contributed by atoms with E-state index in [-0.39, 0.29) is 5.91 Å². The van der Waals surface area contributed by atoms with Crippen molar-refractivity contribution in [3.8, 4) is 17.1 Å². The number of ether oxygens (including phenoxy) is 1. The summed E-state index contributed by atoms with van der Waals surface area (Å²) in [5.41, 5.74) is 3.74. The number of benzene rings is 1. The second-order valence-corrected chi connectivity index (χ2v) is 8.29. The van der Waals surface area contributed by atoms with Crippen molar-refractivity contribution in [3.05, 3.63) is 65.6 Å². The Morgan fingerprint density at radius 1 is 1.15 bits per heavy atom. The number of nitrogens with zero attached hydrogens (tertiary/aromatic N) is 5. The van der Waals surface area contributed by atoms with Gasteiger partial charge in [-0.2, -0.15) is 0 Å². The zero-order chi connectivity index (χ0) is 22.8. The molecule has 4 heterocycles. The predicted molar refractivity (Wildman–Crippen MR) is 127 cm³/mol. The molecule has 3 aromatic heterocycles. The molecular weight excluding hydrogens is 440 g/mol. The third-order valence-corrected chi connectivity index (χ3v) is 6.01. The summed E-state index contributed by atoms with van der Waals surface area (Å²) in [4.78, 5) is 27.8. The molecule has 0 radical (unpaired) electrons. The maximum absolute atomic E-state index is 12.5. The molecule has 1 saturated heterocycles. The van der Waals surface area contributed by atoms with Crippen molar-refractivity contribution in [2.45, 2.75) is 19.3 Å². The molecule has 0 aliphatic carbocycles. The first-order valence-electron chi connectivity index (χ1n) is 10.8. The van der Waals surface area contributed by atoms with Crippen LogP contribution in [0.15, 0.2) is 55.0 Å². The van der Waals surface area contributed by atoms with E-state index in [1.165, 1.54) is 0 Å². The Morgan fingerprint density at radius 2 is 2.00 bits per heavy atom. The number of fused-ring (bicyclic) bond motifs is 1. The smallest absolute Gasteiger partial charge is 0.227 e. The fourth-order valence-corrected chi connectivity index (χ4v) is 4.22. The third-order valence-electron chi connectivity index (χ3n) is 5.73. The standard InChI is InChI=1S/C24H23ClN6O2/c1-33-20-12-16(13-22(32)30-9-4-5-10-30)7-8-18(20)28-24-27-14-17(25)23(29-24)19-15-26-21-6-2-3-11-31(19)21/h2-3,6-8,11-12,14-15H,4-5,9-10,13H2,1H3,(H,27,28,29). The summed E-state index contributed by atoms with van der Waals surface area (Å²) in [5.74, 6) is 1.13. The van der Waals surface area contributed by atoms with Gasteiger partial charge >= 0.3 is 0 Å². The van der Waals surface area contributed by atoms with Crippen molar-refractivity contribution >= 4 is 34.8 Å². The van der Waals surface area contributed by atoms with Crippen LogP contribution in [0.3, 0.4) is 0 Å². The predicted octanol–water partition coefficient (Wildman–Crippen LogP) is 4.36. The van der Waals surface area contributed by atoms with Crippen LogP contribution in [0.2, 0.25) is 5.02 Å². The van der Waals surface area contributed by atoms with Crippen LogP contribution in [0, 0.1) is 0 Å². The van der Waals surface area contributed by atoms with Crippen molar-refractivity contribution in [1.29, 1.82) is 0 Å². The molecule has 1 aliphatic heterocycles. The Bertz CT molecular complexity index is 1320. The van der Waals surface area contributed by atoms with Crippen LogP contribution in [0.25, 0.3) is 17.0 Å². The quantitative estimate of drug-likeness (QED) is 0.458. The van der Waals surface area contributed by atoms with Gasteiger partial charge in [-0.15, -0.1) is 0 Å². The van der Waals surface area contributed by atoms with Crippen LogP contribution in [-0.4, -0.2) is 50.4 Å². The zero-order valence-electron chi connectivity index (χ0n) is 18.2. The number of methoxy groups -OCH3 is 1. The lowest BCUT2D eigenvalue weighted by Crippen LogP contribution is -2.29. The number of imidazole rings is 1. The Hall–Kier alpha value is -3.65. The number of likely N-dealkylation sites (tertiary alicyclic amines) is 1. The summed E-state index contributed by atoms with van der Waals surface area (Å²) in [6, 6.07) is 11.4. The Labute approximate surface area is 196 Å². The van der Waals surface area contributed by atoms with Gasteiger partial charge in [0.25, 0.3) is 0 Å². The minimum absolute atomic E-state index is 0.147. The van der Waals surface area contributed by atoms with Gasteiger partial charge in [0.1, 0.15) is 17.1 Å². The Kier molecular flexibility index (Phi) is 5.83. The number of halogens is 1. The molecule has 4 aromatic rings. The van der Waals surface area contributed by atoms with E-state index in [0.717, 1.165) is 42.8 Å². The summed E-state index contributed by atoms with van der Waals surface area (Å²) in [7, 11) is 1.60. The van der Waals surface area contributed by atoms with Crippen molar-refractivity contribution in [2.24, 2.45) is 0 Å². The van der Waals surface area contributed by atoms with E-state index in [2.05, 4.69) is 20.3 Å². The topological polar surface area (TPSA) is 84.6 Å². The molecule has 168 valence electrons. The lowest BCUT2D eigenvalue weighted by atomic mass is 10.1. The summed E-state index contributed by atoms with van der Waals surface area (Å²) in [5, 5.41) is 3.63. The minimum atomic E-state index is 0.147. The van der Waals surface area contributed by atoms with E-state index in [9.17, 15) is 4.79 Å². The van der Waals surface area contributed by atoms with Gasteiger partial charge < -0.3 is 15.0 Å². The van der Waals surface area contributed by atoms with Gasteiger partial charge in [0.05, 0.1) is 42.3 Å². The first-order chi connectivity index (χ1) is 16.1. The summed E-state index contributed by atoms with van der Waals surface area (Å²) >= 11 is 6.42. The van der Waals surface area contributed by atoms with Gasteiger partial charge in [0, 0.05) is 19.3 Å². The zero-order valence-corrected chi connectivity index (χ0v) is 18.9. The number of hydrogen-bond donors (Lipinski definition) is 1. The van der Waals surface area contributed by atoms with E-state index < -0.39 is 0 Å². The number of carbonyl (C=O) groups is 1. The summed E-state index contributed by atoms with van der Waals surface area (Å²) in [6.45, 7) is 1.69. The van der Waals surface area contributed by atoms with Crippen LogP contribution in [-0.2, 0) is 11.2 Å². The summed E-state index contributed by atoms with van der Waals surface area (Å²) in [6.07, 6.45) is 7.72. The van der Waals surface area contributed by atoms with Gasteiger partial charge in [-0.1, -0.05) is 23.7 Å². The Balaban J connectivity index is 1.40. The fourth-order valence-electron chi connectivity index (χ4n) is 4.04. The number of pyridine rings is 1. The van der Waals surface area contributed by atoms with Crippen LogP contribution >= 0.6 is 11.6 Å². The first kappa shape index (κ1) is 21.2. The average molecular weight is 463 g/mol. The van der Waals surface area contributed by atoms with Crippen LogP contribution in [0.1, 0.15) is 18.4 Å². The molecule has 8 nitrogen and oxygen atoms in total. The largest absolute Gasteiger partial charge is 0.495 e. The van der Waals surface area contributed by atoms with E-state index >= 15 is 0 Å². The van der Waals surface area contributed by atoms with Crippen LogP contribution in [0.5, 0.6) is 5.75 Å². The molecule has 0 bridgehead atoms. The van der Waals surface area contributed by atoms with Crippen molar-refractivity contribution in [1.82, 2.24) is 24.3 Å². The SMILES string of the molecule is COc1cc(CC(=O)N2CCCC2)ccc1Nc1ncc(Cl)c(-c2cnc3ccccn23)n1. The number of carbonyl (C=O) groups excluding carboxylic acids is 1. The number of aromatic nitrogens is 4. The van der Waals surface area contributed by atoms with E-state index in [1.807, 2.05) is 51.9 Å². The molecule has 1 aliphatic rings. The highest BCUT2D eigenvalue weighted by Gasteiger charge is 2.19. The highest BCUT2D eigenvalue weighted by molar-refractivity contribution is 6.32. The number of rotatable bonds is 6. The van der Waals surface area contributed by atoms with Gasteiger partial charge in [-0.25, -0.2) is 15.0 Å². The van der Waals surface area contributed by atoms with E-state index in [4.69, 9.17) is 16.3 Å². The number of anilines is 2. The molecule has 1 amide bonds. The number of nitrogens with one attached hydrogen (secondary N) is 1. The third kappa shape index (κ3) is 4.34. The lowest BCUT2D eigenvalue weighted by Gasteiger charge is -2.16. The van der Waals surface area contributed by atoms with Crippen LogP contribution in [0.4, 0.5) is 11.6 Å². The van der Waals surface area contributed by atoms with Crippen LogP contribution < -0.4 is 10.1 Å². The van der Waals surface area contributed by atoms with Gasteiger partial charge in [0.2, 0.25) is 11.9 Å². The number of hydrogen-bond acceptors (Lipinski definition) is 6. The molecule has 1 fully saturated rings. The first-order valence-corrected chi connectivity index (χ1v) is 11.2. The van der Waals surface area contributed by atoms with Gasteiger partial charge in [-0.05, 0) is 42.7 Å². The highest BCUT2D eigenvalue weighted by Crippen LogP contribution is 2.31. The Morgan fingerprint density at radius 3 is 2.82 bits per heavy atom.